The van der Waals surface area contributed by atoms with Crippen molar-refractivity contribution in [1.82, 2.24) is 10.2 Å². The van der Waals surface area contributed by atoms with Gasteiger partial charge in [0.15, 0.2) is 0 Å². The molecule has 1 N–H and O–H groups in total. The van der Waals surface area contributed by atoms with Crippen molar-refractivity contribution in [3.8, 4) is 11.5 Å². The van der Waals surface area contributed by atoms with E-state index in [0.717, 1.165) is 47.5 Å². The minimum Gasteiger partial charge on any atom is -0.497 e. The van der Waals surface area contributed by atoms with Crippen molar-refractivity contribution >= 4 is 27.5 Å². The molecule has 0 spiro atoms. The SMILES string of the molecule is CC[C@H](C(=O)NC1CCCCC1)N(Cc1cccc(C)c1)C(=O)CN(c1cc(OC)ccc1OC)S(=O)(=O)c1ccccc1. The third-order valence-electron chi connectivity index (χ3n) is 8.04. The molecule has 44 heavy (non-hydrogen) atoms. The van der Waals surface area contributed by atoms with E-state index in [9.17, 15) is 18.0 Å². The van der Waals surface area contributed by atoms with Crippen molar-refractivity contribution in [2.24, 2.45) is 0 Å². The van der Waals surface area contributed by atoms with Crippen molar-refractivity contribution in [2.75, 3.05) is 25.1 Å². The molecule has 1 aliphatic carbocycles. The van der Waals surface area contributed by atoms with E-state index in [1.165, 1.54) is 37.3 Å². The first kappa shape index (κ1) is 32.9. The molecule has 10 heteroatoms. The molecule has 1 fully saturated rings. The lowest BCUT2D eigenvalue weighted by atomic mass is 9.95. The molecule has 3 aromatic rings. The lowest BCUT2D eigenvalue weighted by Gasteiger charge is -2.34. The van der Waals surface area contributed by atoms with E-state index in [1.807, 2.05) is 38.1 Å². The summed E-state index contributed by atoms with van der Waals surface area (Å²) in [6.07, 6.45) is 5.45. The quantitative estimate of drug-likeness (QED) is 0.272. The topological polar surface area (TPSA) is 105 Å². The summed E-state index contributed by atoms with van der Waals surface area (Å²) in [5.74, 6) is -0.0831. The summed E-state index contributed by atoms with van der Waals surface area (Å²) >= 11 is 0. The highest BCUT2D eigenvalue weighted by Crippen LogP contribution is 2.36. The smallest absolute Gasteiger partial charge is 0.264 e. The van der Waals surface area contributed by atoms with Crippen LogP contribution < -0.4 is 19.1 Å². The Labute approximate surface area is 261 Å². The van der Waals surface area contributed by atoms with Gasteiger partial charge in [0, 0.05) is 18.7 Å². The molecule has 1 saturated carbocycles. The van der Waals surface area contributed by atoms with Gasteiger partial charge in [0.1, 0.15) is 24.1 Å². The predicted molar refractivity (Wildman–Crippen MR) is 171 cm³/mol. The molecule has 2 amide bonds. The number of nitrogens with zero attached hydrogens (tertiary/aromatic N) is 2. The Bertz CT molecular complexity index is 1520. The minimum atomic E-state index is -4.25. The number of hydrogen-bond acceptors (Lipinski definition) is 6. The second-order valence-corrected chi connectivity index (χ2v) is 13.0. The zero-order chi connectivity index (χ0) is 31.7. The van der Waals surface area contributed by atoms with E-state index in [2.05, 4.69) is 5.32 Å². The molecule has 236 valence electrons. The largest absolute Gasteiger partial charge is 0.497 e. The Morgan fingerprint density at radius 1 is 0.932 bits per heavy atom. The number of nitrogens with one attached hydrogen (secondary N) is 1. The van der Waals surface area contributed by atoms with E-state index >= 15 is 0 Å². The summed E-state index contributed by atoms with van der Waals surface area (Å²) in [6, 6.07) is 19.8. The van der Waals surface area contributed by atoms with E-state index in [0.29, 0.717) is 12.2 Å². The normalized spacial score (nSPS) is 14.4. The second kappa shape index (κ2) is 15.1. The third-order valence-corrected chi connectivity index (χ3v) is 9.81. The Kier molecular flexibility index (Phi) is 11.3. The van der Waals surface area contributed by atoms with Gasteiger partial charge in [-0.05, 0) is 56.0 Å². The van der Waals surface area contributed by atoms with Crippen molar-refractivity contribution in [3.63, 3.8) is 0 Å². The molecule has 3 aromatic carbocycles. The Morgan fingerprint density at radius 2 is 1.66 bits per heavy atom. The third kappa shape index (κ3) is 7.91. The highest BCUT2D eigenvalue weighted by atomic mass is 32.2. The maximum Gasteiger partial charge on any atom is 0.264 e. The van der Waals surface area contributed by atoms with Crippen LogP contribution in [0.3, 0.4) is 0 Å². The Hall–Kier alpha value is -4.05. The van der Waals surface area contributed by atoms with Gasteiger partial charge in [-0.15, -0.1) is 0 Å². The summed E-state index contributed by atoms with van der Waals surface area (Å²) in [5.41, 5.74) is 2.02. The molecule has 0 aromatic heterocycles. The highest BCUT2D eigenvalue weighted by Gasteiger charge is 2.35. The molecule has 0 radical (unpaired) electrons. The standard InChI is InChI=1S/C34H43N3O6S/c1-5-30(34(39)35-27-15-8-6-9-16-27)36(23-26-14-12-13-25(2)21-26)33(38)24-37(44(40,41)29-17-10-7-11-18-29)31-22-28(42-3)19-20-32(31)43-4/h7,10-14,17-22,27,30H,5-6,8-9,15-16,23-24H2,1-4H3,(H,35,39)/t30-/m1/s1. The number of benzene rings is 3. The lowest BCUT2D eigenvalue weighted by molar-refractivity contribution is -0.140. The molecule has 0 bridgehead atoms. The average Bonchev–Trinajstić information content (AvgIpc) is 3.04. The van der Waals surface area contributed by atoms with E-state index in [4.69, 9.17) is 9.47 Å². The highest BCUT2D eigenvalue weighted by molar-refractivity contribution is 7.92. The van der Waals surface area contributed by atoms with Crippen LogP contribution in [0.1, 0.15) is 56.6 Å². The molecule has 0 unspecified atom stereocenters. The molecule has 9 nitrogen and oxygen atoms in total. The Morgan fingerprint density at radius 3 is 2.30 bits per heavy atom. The van der Waals surface area contributed by atoms with Crippen LogP contribution in [0.2, 0.25) is 0 Å². The number of sulfonamides is 1. The predicted octanol–water partition coefficient (Wildman–Crippen LogP) is 5.46. The average molecular weight is 622 g/mol. The molecule has 1 atom stereocenters. The molecule has 0 aliphatic heterocycles. The van der Waals surface area contributed by atoms with E-state index < -0.39 is 28.5 Å². The first-order valence-electron chi connectivity index (χ1n) is 15.1. The van der Waals surface area contributed by atoms with Gasteiger partial charge in [0.25, 0.3) is 10.0 Å². The zero-order valence-corrected chi connectivity index (χ0v) is 26.8. The number of ether oxygens (including phenoxy) is 2. The van der Waals surface area contributed by atoms with Crippen LogP contribution in [0, 0.1) is 6.92 Å². The van der Waals surface area contributed by atoms with Crippen LogP contribution in [-0.2, 0) is 26.2 Å². The Balaban J connectivity index is 1.76. The van der Waals surface area contributed by atoms with Gasteiger partial charge in [0.05, 0.1) is 24.8 Å². The van der Waals surface area contributed by atoms with E-state index in [-0.39, 0.29) is 34.8 Å². The number of amides is 2. The number of methoxy groups -OCH3 is 2. The van der Waals surface area contributed by atoms with Gasteiger partial charge in [-0.1, -0.05) is 74.2 Å². The summed E-state index contributed by atoms with van der Waals surface area (Å²) in [4.78, 5) is 29.7. The van der Waals surface area contributed by atoms with Crippen LogP contribution >= 0.6 is 0 Å². The summed E-state index contributed by atoms with van der Waals surface area (Å²) in [6.45, 7) is 3.42. The molecule has 4 rings (SSSR count). The number of carbonyl (C=O) groups is 2. The van der Waals surface area contributed by atoms with Gasteiger partial charge in [0.2, 0.25) is 11.8 Å². The van der Waals surface area contributed by atoms with Gasteiger partial charge in [-0.3, -0.25) is 13.9 Å². The first-order valence-corrected chi connectivity index (χ1v) is 16.6. The van der Waals surface area contributed by atoms with Crippen LogP contribution in [0.25, 0.3) is 0 Å². The van der Waals surface area contributed by atoms with Crippen molar-refractivity contribution in [1.29, 1.82) is 0 Å². The molecule has 0 heterocycles. The fourth-order valence-electron chi connectivity index (χ4n) is 5.70. The van der Waals surface area contributed by atoms with Crippen molar-refractivity contribution < 1.29 is 27.5 Å². The maximum atomic E-state index is 14.4. The van der Waals surface area contributed by atoms with Crippen LogP contribution in [0.4, 0.5) is 5.69 Å². The second-order valence-electron chi connectivity index (χ2n) is 11.1. The molecular weight excluding hydrogens is 578 g/mol. The van der Waals surface area contributed by atoms with Gasteiger partial charge >= 0.3 is 0 Å². The number of rotatable bonds is 13. The molecule has 0 saturated heterocycles. The fourth-order valence-corrected chi connectivity index (χ4v) is 7.13. The molecular formula is C34H43N3O6S. The summed E-state index contributed by atoms with van der Waals surface area (Å²) < 4.78 is 40.3. The summed E-state index contributed by atoms with van der Waals surface area (Å²) in [5, 5.41) is 3.18. The maximum absolute atomic E-state index is 14.4. The number of carbonyl (C=O) groups excluding carboxylic acids is 2. The van der Waals surface area contributed by atoms with Crippen LogP contribution in [0.5, 0.6) is 11.5 Å². The van der Waals surface area contributed by atoms with Gasteiger partial charge in [-0.2, -0.15) is 0 Å². The van der Waals surface area contributed by atoms with Crippen LogP contribution in [-0.4, -0.2) is 58.0 Å². The van der Waals surface area contributed by atoms with Crippen LogP contribution in [0.15, 0.2) is 77.7 Å². The van der Waals surface area contributed by atoms with Gasteiger partial charge in [-0.25, -0.2) is 8.42 Å². The number of hydrogen-bond donors (Lipinski definition) is 1. The lowest BCUT2D eigenvalue weighted by Crippen LogP contribution is -2.54. The first-order chi connectivity index (χ1) is 21.2. The van der Waals surface area contributed by atoms with Crippen molar-refractivity contribution in [3.05, 3.63) is 83.9 Å². The number of aryl methyl sites for hydroxylation is 1. The fraction of sp³-hybridized carbons (Fsp3) is 0.412. The van der Waals surface area contributed by atoms with Crippen molar-refractivity contribution in [2.45, 2.75) is 75.9 Å². The monoisotopic (exact) mass is 621 g/mol. The zero-order valence-electron chi connectivity index (χ0n) is 26.0. The van der Waals surface area contributed by atoms with E-state index in [1.54, 1.807) is 30.3 Å². The summed E-state index contributed by atoms with van der Waals surface area (Å²) in [7, 11) is -1.33. The minimum absolute atomic E-state index is 0.0185. The number of anilines is 1. The van der Waals surface area contributed by atoms with Gasteiger partial charge < -0.3 is 19.7 Å². The molecule has 1 aliphatic rings.